The van der Waals surface area contributed by atoms with Gasteiger partial charge in [-0.05, 0) is 55.3 Å². The fourth-order valence-corrected chi connectivity index (χ4v) is 5.13. The van der Waals surface area contributed by atoms with Crippen LogP contribution in [0, 0.1) is 0 Å². The van der Waals surface area contributed by atoms with Crippen LogP contribution in [0.15, 0.2) is 48.5 Å². The van der Waals surface area contributed by atoms with Crippen LogP contribution >= 0.6 is 11.6 Å². The number of ether oxygens (including phenoxy) is 1. The summed E-state index contributed by atoms with van der Waals surface area (Å²) in [6.07, 6.45) is 0.387. The van der Waals surface area contributed by atoms with E-state index in [0.29, 0.717) is 11.6 Å². The van der Waals surface area contributed by atoms with E-state index in [0.717, 1.165) is 36.5 Å². The number of imide groups is 1. The summed E-state index contributed by atoms with van der Waals surface area (Å²) < 4.78 is 5.57. The van der Waals surface area contributed by atoms with E-state index < -0.39 is 6.04 Å². The zero-order chi connectivity index (χ0) is 23.1. The Balaban J connectivity index is 1.39. The second kappa shape index (κ2) is 8.85. The Kier molecular flexibility index (Phi) is 5.90. The minimum absolute atomic E-state index is 0.165. The van der Waals surface area contributed by atoms with Crippen molar-refractivity contribution >= 4 is 29.2 Å². The van der Waals surface area contributed by atoms with Gasteiger partial charge in [0, 0.05) is 30.8 Å². The molecular formula is C24H28ClN5O3. The van der Waals surface area contributed by atoms with Crippen LogP contribution < -0.4 is 15.0 Å². The lowest BCUT2D eigenvalue weighted by Crippen LogP contribution is -2.66. The van der Waals surface area contributed by atoms with E-state index in [9.17, 15) is 9.59 Å². The molecule has 3 unspecified atom stereocenters. The Hall–Kier alpha value is -2.81. The summed E-state index contributed by atoms with van der Waals surface area (Å²) in [5.74, 6) is 0.670. The van der Waals surface area contributed by atoms with E-state index in [1.54, 1.807) is 24.1 Å². The molecule has 3 heterocycles. The maximum atomic E-state index is 13.6. The Bertz CT molecular complexity index is 1030. The lowest BCUT2D eigenvalue weighted by Gasteiger charge is -2.44. The van der Waals surface area contributed by atoms with Crippen LogP contribution in [-0.2, 0) is 11.3 Å². The van der Waals surface area contributed by atoms with Gasteiger partial charge in [0.2, 0.25) is 0 Å². The number of nitrogens with one attached hydrogen (secondary N) is 1. The molecule has 2 aromatic rings. The summed E-state index contributed by atoms with van der Waals surface area (Å²) in [6, 6.07) is 14.5. The van der Waals surface area contributed by atoms with E-state index in [2.05, 4.69) is 15.1 Å². The van der Waals surface area contributed by atoms with Crippen molar-refractivity contribution in [2.45, 2.75) is 38.4 Å². The van der Waals surface area contributed by atoms with Crippen LogP contribution in [0.1, 0.15) is 18.9 Å². The molecule has 3 amide bonds. The number of hydrogen-bond acceptors (Lipinski definition) is 6. The van der Waals surface area contributed by atoms with E-state index in [-0.39, 0.29) is 30.9 Å². The molecule has 5 rings (SSSR count). The molecule has 9 heteroatoms. The first-order valence-electron chi connectivity index (χ1n) is 11.3. The molecule has 2 aromatic carbocycles. The fraction of sp³-hybridized carbons (Fsp3) is 0.417. The highest BCUT2D eigenvalue weighted by molar-refractivity contribution is 6.30. The number of fused-ring (bicyclic) bond motifs is 3. The van der Waals surface area contributed by atoms with Crippen LogP contribution in [0.3, 0.4) is 0 Å². The largest absolute Gasteiger partial charge is 0.494 e. The van der Waals surface area contributed by atoms with Crippen LogP contribution in [0.25, 0.3) is 0 Å². The highest BCUT2D eigenvalue weighted by Crippen LogP contribution is 2.34. The van der Waals surface area contributed by atoms with Crippen molar-refractivity contribution in [2.75, 3.05) is 31.6 Å². The molecule has 1 N–H and O–H groups in total. The summed E-state index contributed by atoms with van der Waals surface area (Å²) >= 11 is 5.99. The predicted molar refractivity (Wildman–Crippen MR) is 126 cm³/mol. The Morgan fingerprint density at radius 3 is 2.48 bits per heavy atom. The van der Waals surface area contributed by atoms with Gasteiger partial charge in [0.1, 0.15) is 24.2 Å². The standard InChI is InChI=1S/C24H28ClN5O3/c1-3-33-19-11-9-18(10-12-19)28-13-4-14-29-20-21(26-23(28)29)27(2)24(32)30(22(20)31)15-16-5-7-17(25)8-6-16/h5-12,20-21,23,26H,3-4,13-15H2,1-2H3. The summed E-state index contributed by atoms with van der Waals surface area (Å²) in [5, 5.41) is 4.17. The number of benzene rings is 2. The summed E-state index contributed by atoms with van der Waals surface area (Å²) in [7, 11) is 1.76. The third-order valence-corrected chi connectivity index (χ3v) is 6.86. The first-order valence-corrected chi connectivity index (χ1v) is 11.7. The lowest BCUT2D eigenvalue weighted by atomic mass is 10.1. The number of rotatable bonds is 5. The first-order chi connectivity index (χ1) is 16.0. The number of likely N-dealkylation sites (N-methyl/N-ethyl adjacent to an activating group) is 1. The zero-order valence-electron chi connectivity index (χ0n) is 18.8. The van der Waals surface area contributed by atoms with E-state index >= 15 is 0 Å². The maximum Gasteiger partial charge on any atom is 0.328 e. The Labute approximate surface area is 198 Å². The molecule has 0 bridgehead atoms. The topological polar surface area (TPSA) is 68.4 Å². The lowest BCUT2D eigenvalue weighted by molar-refractivity contribution is -0.139. The van der Waals surface area contributed by atoms with Gasteiger partial charge in [0.05, 0.1) is 13.2 Å². The molecule has 8 nitrogen and oxygen atoms in total. The molecule has 33 heavy (non-hydrogen) atoms. The highest BCUT2D eigenvalue weighted by Gasteiger charge is 2.56. The molecule has 3 fully saturated rings. The molecule has 0 aromatic heterocycles. The minimum Gasteiger partial charge on any atom is -0.494 e. The van der Waals surface area contributed by atoms with Gasteiger partial charge in [0.25, 0.3) is 5.91 Å². The second-order valence-corrected chi connectivity index (χ2v) is 9.02. The van der Waals surface area contributed by atoms with Crippen LogP contribution in [-0.4, -0.2) is 71.9 Å². The number of anilines is 1. The van der Waals surface area contributed by atoms with Gasteiger partial charge in [-0.3, -0.25) is 19.9 Å². The van der Waals surface area contributed by atoms with Crippen molar-refractivity contribution in [1.29, 1.82) is 0 Å². The minimum atomic E-state index is -0.435. The third-order valence-electron chi connectivity index (χ3n) is 6.60. The van der Waals surface area contributed by atoms with Gasteiger partial charge in [-0.2, -0.15) is 0 Å². The molecule has 174 valence electrons. The van der Waals surface area contributed by atoms with Crippen molar-refractivity contribution in [2.24, 2.45) is 0 Å². The average molecular weight is 470 g/mol. The fourth-order valence-electron chi connectivity index (χ4n) is 5.00. The SMILES string of the molecule is CCOc1ccc(N2CCCN3C4C(=O)N(Cc5ccc(Cl)cc5)C(=O)N(C)C4NC23)cc1. The van der Waals surface area contributed by atoms with Gasteiger partial charge in [-0.25, -0.2) is 4.79 Å². The van der Waals surface area contributed by atoms with E-state index in [4.69, 9.17) is 16.3 Å². The van der Waals surface area contributed by atoms with Crippen molar-refractivity contribution in [1.82, 2.24) is 20.0 Å². The molecule has 3 aliphatic rings. The van der Waals surface area contributed by atoms with Crippen molar-refractivity contribution in [3.05, 3.63) is 59.1 Å². The van der Waals surface area contributed by atoms with Gasteiger partial charge in [-0.15, -0.1) is 0 Å². The normalized spacial score (nSPS) is 25.3. The van der Waals surface area contributed by atoms with Crippen LogP contribution in [0.2, 0.25) is 5.02 Å². The van der Waals surface area contributed by atoms with Crippen LogP contribution in [0.5, 0.6) is 5.75 Å². The van der Waals surface area contributed by atoms with E-state index in [1.165, 1.54) is 4.90 Å². The molecule has 3 aliphatic heterocycles. The molecule has 0 aliphatic carbocycles. The smallest absolute Gasteiger partial charge is 0.328 e. The highest BCUT2D eigenvalue weighted by atomic mass is 35.5. The number of halogens is 1. The zero-order valence-corrected chi connectivity index (χ0v) is 19.5. The first kappa shape index (κ1) is 22.0. The van der Waals surface area contributed by atoms with Gasteiger partial charge < -0.3 is 14.5 Å². The number of carbonyl (C=O) groups is 2. The summed E-state index contributed by atoms with van der Waals surface area (Å²) in [6.45, 7) is 4.46. The van der Waals surface area contributed by atoms with Gasteiger partial charge in [0.15, 0.2) is 0 Å². The van der Waals surface area contributed by atoms with Crippen molar-refractivity contribution < 1.29 is 14.3 Å². The third kappa shape index (κ3) is 3.92. The number of carbonyl (C=O) groups excluding carboxylic acids is 2. The molecule has 0 radical (unpaired) electrons. The average Bonchev–Trinajstić information content (AvgIpc) is 3.22. The number of nitrogens with zero attached hydrogens (tertiary/aromatic N) is 4. The predicted octanol–water partition coefficient (Wildman–Crippen LogP) is 2.93. The molecule has 0 saturated carbocycles. The Morgan fingerprint density at radius 1 is 1.06 bits per heavy atom. The van der Waals surface area contributed by atoms with Crippen molar-refractivity contribution in [3.8, 4) is 5.75 Å². The van der Waals surface area contributed by atoms with E-state index in [1.807, 2.05) is 43.3 Å². The molecule has 3 saturated heterocycles. The van der Waals surface area contributed by atoms with Gasteiger partial charge in [-0.1, -0.05) is 23.7 Å². The molecule has 0 spiro atoms. The monoisotopic (exact) mass is 469 g/mol. The molecule has 3 atom stereocenters. The quantitative estimate of drug-likeness (QED) is 0.726. The summed E-state index contributed by atoms with van der Waals surface area (Å²) in [5.41, 5.74) is 1.92. The number of hydrogen-bond donors (Lipinski definition) is 1. The number of urea groups is 1. The summed E-state index contributed by atoms with van der Waals surface area (Å²) in [4.78, 5) is 34.2. The van der Waals surface area contributed by atoms with Crippen LogP contribution in [0.4, 0.5) is 10.5 Å². The Morgan fingerprint density at radius 2 is 1.79 bits per heavy atom. The van der Waals surface area contributed by atoms with Gasteiger partial charge >= 0.3 is 6.03 Å². The second-order valence-electron chi connectivity index (χ2n) is 8.59. The molecular weight excluding hydrogens is 442 g/mol. The number of amides is 3. The maximum absolute atomic E-state index is 13.6. The van der Waals surface area contributed by atoms with Crippen molar-refractivity contribution in [3.63, 3.8) is 0 Å².